The highest BCUT2D eigenvalue weighted by molar-refractivity contribution is 8.03. The number of hydrogen-bond acceptors (Lipinski definition) is 2. The van der Waals surface area contributed by atoms with E-state index in [4.69, 9.17) is 5.26 Å². The number of rotatable bonds is 4. The Morgan fingerprint density at radius 2 is 2.14 bits per heavy atom. The van der Waals surface area contributed by atoms with Crippen molar-refractivity contribution in [3.8, 4) is 5.40 Å². The van der Waals surface area contributed by atoms with E-state index < -0.39 is 0 Å². The van der Waals surface area contributed by atoms with Gasteiger partial charge in [0.05, 0.1) is 0 Å². The van der Waals surface area contributed by atoms with Gasteiger partial charge in [-0.05, 0) is 49.6 Å². The van der Waals surface area contributed by atoms with Crippen molar-refractivity contribution in [1.82, 2.24) is 0 Å². The molecule has 14 heavy (non-hydrogen) atoms. The van der Waals surface area contributed by atoms with Crippen molar-refractivity contribution in [2.24, 2.45) is 0 Å². The van der Waals surface area contributed by atoms with Gasteiger partial charge in [0, 0.05) is 5.75 Å². The predicted molar refractivity (Wildman–Crippen MR) is 62.3 cm³/mol. The smallest absolute Gasteiger partial charge is 0.133 e. The lowest BCUT2D eigenvalue weighted by molar-refractivity contribution is 0.924. The molecule has 0 aliphatic carbocycles. The van der Waals surface area contributed by atoms with Gasteiger partial charge in [-0.15, -0.1) is 0 Å². The Morgan fingerprint density at radius 1 is 1.36 bits per heavy atom. The van der Waals surface area contributed by atoms with Gasteiger partial charge in [-0.1, -0.05) is 23.8 Å². The molecule has 0 atom stereocenters. The summed E-state index contributed by atoms with van der Waals surface area (Å²) in [6.45, 7) is 4.27. The van der Waals surface area contributed by atoms with E-state index in [0.29, 0.717) is 0 Å². The van der Waals surface area contributed by atoms with Crippen LogP contribution in [0.1, 0.15) is 23.1 Å². The van der Waals surface area contributed by atoms with Crippen LogP contribution in [0.3, 0.4) is 0 Å². The van der Waals surface area contributed by atoms with Gasteiger partial charge in [-0.25, -0.2) is 0 Å². The first kappa shape index (κ1) is 11.1. The number of aryl methyl sites for hydroxylation is 3. The van der Waals surface area contributed by atoms with E-state index in [1.165, 1.54) is 28.5 Å². The molecule has 0 heterocycles. The quantitative estimate of drug-likeness (QED) is 0.555. The molecular weight excluding hydrogens is 190 g/mol. The van der Waals surface area contributed by atoms with Crippen LogP contribution in [0.15, 0.2) is 18.2 Å². The highest BCUT2D eigenvalue weighted by Gasteiger charge is 1.98. The molecule has 0 bridgehead atoms. The summed E-state index contributed by atoms with van der Waals surface area (Å²) in [5.41, 5.74) is 4.10. The van der Waals surface area contributed by atoms with E-state index in [-0.39, 0.29) is 0 Å². The van der Waals surface area contributed by atoms with Gasteiger partial charge in [0.2, 0.25) is 0 Å². The highest BCUT2D eigenvalue weighted by Crippen LogP contribution is 2.13. The van der Waals surface area contributed by atoms with Crippen molar-refractivity contribution in [2.45, 2.75) is 26.7 Å². The summed E-state index contributed by atoms with van der Waals surface area (Å²) in [7, 11) is 0. The lowest BCUT2D eigenvalue weighted by atomic mass is 10.0. The Morgan fingerprint density at radius 3 is 2.79 bits per heavy atom. The molecule has 0 radical (unpaired) electrons. The van der Waals surface area contributed by atoms with E-state index >= 15 is 0 Å². The molecule has 2 heteroatoms. The van der Waals surface area contributed by atoms with Crippen molar-refractivity contribution < 1.29 is 0 Å². The number of benzene rings is 1. The van der Waals surface area contributed by atoms with Crippen LogP contribution in [0.25, 0.3) is 0 Å². The molecule has 0 spiro atoms. The molecule has 1 aromatic rings. The molecule has 0 saturated heterocycles. The number of nitrogens with zero attached hydrogens (tertiary/aromatic N) is 1. The fourth-order valence-corrected chi connectivity index (χ4v) is 1.89. The van der Waals surface area contributed by atoms with Gasteiger partial charge >= 0.3 is 0 Å². The average molecular weight is 205 g/mol. The zero-order chi connectivity index (χ0) is 10.4. The summed E-state index contributed by atoms with van der Waals surface area (Å²) in [6.07, 6.45) is 2.17. The maximum absolute atomic E-state index is 8.37. The van der Waals surface area contributed by atoms with Crippen LogP contribution in [0.2, 0.25) is 0 Å². The fourth-order valence-electron chi connectivity index (χ4n) is 1.51. The third kappa shape index (κ3) is 3.43. The number of nitriles is 1. The molecule has 0 aliphatic rings. The van der Waals surface area contributed by atoms with Crippen molar-refractivity contribution in [1.29, 1.82) is 5.26 Å². The lowest BCUT2D eigenvalue weighted by Crippen LogP contribution is -1.91. The van der Waals surface area contributed by atoms with Gasteiger partial charge < -0.3 is 0 Å². The van der Waals surface area contributed by atoms with E-state index in [1.807, 2.05) is 0 Å². The molecule has 0 aromatic heterocycles. The summed E-state index contributed by atoms with van der Waals surface area (Å²) in [6, 6.07) is 6.56. The van der Waals surface area contributed by atoms with Crippen LogP contribution in [0.4, 0.5) is 0 Å². The molecule has 0 amide bonds. The zero-order valence-electron chi connectivity index (χ0n) is 8.71. The maximum Gasteiger partial charge on any atom is 0.133 e. The maximum atomic E-state index is 8.37. The van der Waals surface area contributed by atoms with Crippen LogP contribution >= 0.6 is 11.8 Å². The summed E-state index contributed by atoms with van der Waals surface area (Å²) in [5, 5.41) is 10.5. The molecule has 0 saturated carbocycles. The standard InChI is InChI=1S/C12H15NS/c1-10-5-6-12(11(2)8-10)4-3-7-14-9-13/h5-6,8H,3-4,7H2,1-2H3. The number of thiocyanates is 1. The Labute approximate surface area is 90.1 Å². The minimum atomic E-state index is 0.934. The SMILES string of the molecule is Cc1ccc(CCCSC#N)c(C)c1. The minimum Gasteiger partial charge on any atom is -0.185 e. The van der Waals surface area contributed by atoms with Gasteiger partial charge in [-0.3, -0.25) is 0 Å². The number of thioether (sulfide) groups is 1. The summed E-state index contributed by atoms with van der Waals surface area (Å²) in [4.78, 5) is 0. The van der Waals surface area contributed by atoms with Crippen molar-refractivity contribution in [3.05, 3.63) is 34.9 Å². The van der Waals surface area contributed by atoms with Crippen molar-refractivity contribution in [2.75, 3.05) is 5.75 Å². The summed E-state index contributed by atoms with van der Waals surface area (Å²) < 4.78 is 0. The molecule has 1 aromatic carbocycles. The fraction of sp³-hybridized carbons (Fsp3) is 0.417. The first-order valence-electron chi connectivity index (χ1n) is 4.81. The average Bonchev–Trinajstić information content (AvgIpc) is 2.15. The van der Waals surface area contributed by atoms with Crippen LogP contribution in [0, 0.1) is 24.5 Å². The molecule has 1 rings (SSSR count). The normalized spacial score (nSPS) is 9.79. The number of hydrogen-bond donors (Lipinski definition) is 0. The Bertz CT molecular complexity index is 339. The van der Waals surface area contributed by atoms with E-state index in [0.717, 1.165) is 18.6 Å². The summed E-state index contributed by atoms with van der Waals surface area (Å²) in [5.74, 6) is 0.934. The second kappa shape index (κ2) is 5.72. The predicted octanol–water partition coefficient (Wildman–Crippen LogP) is 3.45. The second-order valence-corrected chi connectivity index (χ2v) is 4.35. The minimum absolute atomic E-state index is 0.934. The second-order valence-electron chi connectivity index (χ2n) is 3.47. The van der Waals surface area contributed by atoms with Crippen LogP contribution in [-0.4, -0.2) is 5.75 Å². The topological polar surface area (TPSA) is 23.8 Å². The van der Waals surface area contributed by atoms with Crippen LogP contribution in [-0.2, 0) is 6.42 Å². The van der Waals surface area contributed by atoms with E-state index in [2.05, 4.69) is 37.4 Å². The Hall–Kier alpha value is -0.940. The monoisotopic (exact) mass is 205 g/mol. The zero-order valence-corrected chi connectivity index (χ0v) is 9.53. The van der Waals surface area contributed by atoms with Gasteiger partial charge in [-0.2, -0.15) is 5.26 Å². The largest absolute Gasteiger partial charge is 0.185 e. The van der Waals surface area contributed by atoms with Crippen molar-refractivity contribution in [3.63, 3.8) is 0 Å². The van der Waals surface area contributed by atoms with Crippen LogP contribution in [0.5, 0.6) is 0 Å². The third-order valence-electron chi connectivity index (χ3n) is 2.26. The molecule has 0 unspecified atom stereocenters. The van der Waals surface area contributed by atoms with E-state index in [9.17, 15) is 0 Å². The lowest BCUT2D eigenvalue weighted by Gasteiger charge is -2.05. The third-order valence-corrected chi connectivity index (χ3v) is 2.88. The molecule has 1 nitrogen and oxygen atoms in total. The van der Waals surface area contributed by atoms with Gasteiger partial charge in [0.25, 0.3) is 0 Å². The molecular formula is C12H15NS. The van der Waals surface area contributed by atoms with Crippen LogP contribution < -0.4 is 0 Å². The summed E-state index contributed by atoms with van der Waals surface area (Å²) >= 11 is 1.34. The van der Waals surface area contributed by atoms with Crippen molar-refractivity contribution >= 4 is 11.8 Å². The molecule has 0 aliphatic heterocycles. The first-order chi connectivity index (χ1) is 6.74. The molecule has 0 N–H and O–H groups in total. The Balaban J connectivity index is 2.47. The first-order valence-corrected chi connectivity index (χ1v) is 5.79. The van der Waals surface area contributed by atoms with E-state index in [1.54, 1.807) is 0 Å². The van der Waals surface area contributed by atoms with Gasteiger partial charge in [0.15, 0.2) is 0 Å². The highest BCUT2D eigenvalue weighted by atomic mass is 32.2. The molecule has 74 valence electrons. The Kier molecular flexibility index (Phi) is 4.55. The molecule has 0 fully saturated rings. The van der Waals surface area contributed by atoms with Gasteiger partial charge in [0.1, 0.15) is 5.40 Å².